The number of aromatic nitrogens is 2. The zero-order valence-corrected chi connectivity index (χ0v) is 10.8. The van der Waals surface area contributed by atoms with E-state index < -0.39 is 0 Å². The van der Waals surface area contributed by atoms with E-state index in [0.29, 0.717) is 17.7 Å². The second-order valence-electron chi connectivity index (χ2n) is 4.58. The maximum absolute atomic E-state index is 6.09. The predicted octanol–water partition coefficient (Wildman–Crippen LogP) is 2.48. The summed E-state index contributed by atoms with van der Waals surface area (Å²) in [5.41, 5.74) is 1.79. The Morgan fingerprint density at radius 1 is 1.33 bits per heavy atom. The smallest absolute Gasteiger partial charge is 0.133 e. The third-order valence-corrected chi connectivity index (χ3v) is 3.56. The monoisotopic (exact) mass is 265 g/mol. The van der Waals surface area contributed by atoms with Gasteiger partial charge in [0, 0.05) is 0 Å². The van der Waals surface area contributed by atoms with Gasteiger partial charge in [-0.1, -0.05) is 17.7 Å². The molecule has 18 heavy (non-hydrogen) atoms. The molecule has 2 aromatic rings. The lowest BCUT2D eigenvalue weighted by Crippen LogP contribution is -2.32. The van der Waals surface area contributed by atoms with E-state index in [1.165, 1.54) is 0 Å². The van der Waals surface area contributed by atoms with Gasteiger partial charge in [-0.3, -0.25) is 0 Å². The minimum absolute atomic E-state index is 0.343. The quantitative estimate of drug-likeness (QED) is 0.896. The van der Waals surface area contributed by atoms with Crippen molar-refractivity contribution in [2.24, 2.45) is 0 Å². The molecule has 4 nitrogen and oxygen atoms in total. The van der Waals surface area contributed by atoms with Crippen LogP contribution in [-0.2, 0) is 11.3 Å². The molecule has 1 fully saturated rings. The van der Waals surface area contributed by atoms with Crippen molar-refractivity contribution in [3.8, 4) is 0 Å². The van der Waals surface area contributed by atoms with E-state index in [1.807, 2.05) is 18.2 Å². The van der Waals surface area contributed by atoms with Crippen LogP contribution >= 0.6 is 11.6 Å². The zero-order valence-electron chi connectivity index (χ0n) is 10.1. The van der Waals surface area contributed by atoms with E-state index in [0.717, 1.165) is 42.8 Å². The Bertz CT molecular complexity index is 534. The molecule has 0 aliphatic carbocycles. The molecule has 2 N–H and O–H groups in total. The number of halogens is 1. The number of nitrogens with one attached hydrogen (secondary N) is 2. The van der Waals surface area contributed by atoms with Crippen LogP contribution in [0.1, 0.15) is 18.7 Å². The van der Waals surface area contributed by atoms with Gasteiger partial charge in [-0.15, -0.1) is 0 Å². The van der Waals surface area contributed by atoms with E-state index in [9.17, 15) is 0 Å². The van der Waals surface area contributed by atoms with Crippen LogP contribution in [0.15, 0.2) is 18.2 Å². The Morgan fingerprint density at radius 2 is 2.17 bits per heavy atom. The van der Waals surface area contributed by atoms with Crippen molar-refractivity contribution < 1.29 is 4.74 Å². The third-order valence-electron chi connectivity index (χ3n) is 3.25. The molecule has 0 atom stereocenters. The van der Waals surface area contributed by atoms with E-state index in [4.69, 9.17) is 16.3 Å². The van der Waals surface area contributed by atoms with Gasteiger partial charge in [0.25, 0.3) is 0 Å². The minimum atomic E-state index is 0.343. The fourth-order valence-electron chi connectivity index (χ4n) is 2.28. The molecule has 1 aromatic carbocycles. The Balaban J connectivity index is 1.69. The molecule has 0 amide bonds. The standard InChI is InChI=1S/C13H16ClN3O/c14-10-2-1-3-11-13(10)17-12(16-11)8-18-9-4-6-15-7-5-9/h1-3,9,15H,4-8H2,(H,16,17). The molecule has 1 aromatic heterocycles. The summed E-state index contributed by atoms with van der Waals surface area (Å²) in [6.07, 6.45) is 2.48. The highest BCUT2D eigenvalue weighted by atomic mass is 35.5. The predicted molar refractivity (Wildman–Crippen MR) is 71.8 cm³/mol. The van der Waals surface area contributed by atoms with Crippen LogP contribution in [0.5, 0.6) is 0 Å². The number of nitrogens with zero attached hydrogens (tertiary/aromatic N) is 1. The number of para-hydroxylation sites is 1. The maximum Gasteiger partial charge on any atom is 0.133 e. The minimum Gasteiger partial charge on any atom is -0.370 e. The normalized spacial score (nSPS) is 17.4. The molecule has 5 heteroatoms. The first-order valence-corrected chi connectivity index (χ1v) is 6.66. The molecule has 2 heterocycles. The summed E-state index contributed by atoms with van der Waals surface area (Å²) >= 11 is 6.09. The molecule has 1 saturated heterocycles. The van der Waals surface area contributed by atoms with Crippen molar-refractivity contribution in [2.45, 2.75) is 25.6 Å². The van der Waals surface area contributed by atoms with E-state index in [2.05, 4.69) is 15.3 Å². The highest BCUT2D eigenvalue weighted by molar-refractivity contribution is 6.34. The van der Waals surface area contributed by atoms with Gasteiger partial charge >= 0.3 is 0 Å². The van der Waals surface area contributed by atoms with Gasteiger partial charge in [-0.25, -0.2) is 4.98 Å². The molecule has 0 radical (unpaired) electrons. The fraction of sp³-hybridized carbons (Fsp3) is 0.462. The molecular weight excluding hydrogens is 250 g/mol. The fourth-order valence-corrected chi connectivity index (χ4v) is 2.49. The lowest BCUT2D eigenvalue weighted by molar-refractivity contribution is 0.0182. The SMILES string of the molecule is Clc1cccc2[nH]c(COC3CCNCC3)nc12. The van der Waals surface area contributed by atoms with E-state index in [-0.39, 0.29) is 0 Å². The van der Waals surface area contributed by atoms with Crippen LogP contribution in [0.25, 0.3) is 11.0 Å². The lowest BCUT2D eigenvalue weighted by atomic mass is 10.1. The first-order valence-electron chi connectivity index (χ1n) is 6.28. The summed E-state index contributed by atoms with van der Waals surface area (Å²) in [5.74, 6) is 0.844. The van der Waals surface area contributed by atoms with Crippen LogP contribution in [0.2, 0.25) is 5.02 Å². The third kappa shape index (κ3) is 2.51. The second-order valence-corrected chi connectivity index (χ2v) is 4.99. The average molecular weight is 266 g/mol. The number of benzene rings is 1. The number of aromatic amines is 1. The molecule has 0 unspecified atom stereocenters. The number of hydrogen-bond acceptors (Lipinski definition) is 3. The molecule has 1 aliphatic rings. The van der Waals surface area contributed by atoms with Crippen molar-refractivity contribution in [3.05, 3.63) is 29.0 Å². The van der Waals surface area contributed by atoms with Gasteiger partial charge in [0.15, 0.2) is 0 Å². The molecular formula is C13H16ClN3O. The Hall–Kier alpha value is -1.10. The number of fused-ring (bicyclic) bond motifs is 1. The van der Waals surface area contributed by atoms with Crippen LogP contribution in [0.3, 0.4) is 0 Å². The number of ether oxygens (including phenoxy) is 1. The van der Waals surface area contributed by atoms with Gasteiger partial charge in [0.1, 0.15) is 17.9 Å². The molecule has 0 spiro atoms. The van der Waals surface area contributed by atoms with Crippen LogP contribution in [0.4, 0.5) is 0 Å². The maximum atomic E-state index is 6.09. The van der Waals surface area contributed by atoms with Crippen molar-refractivity contribution in [2.75, 3.05) is 13.1 Å². The van der Waals surface area contributed by atoms with Crippen molar-refractivity contribution in [1.29, 1.82) is 0 Å². The summed E-state index contributed by atoms with van der Waals surface area (Å²) < 4.78 is 5.86. The van der Waals surface area contributed by atoms with Crippen LogP contribution < -0.4 is 5.32 Å². The zero-order chi connectivity index (χ0) is 12.4. The van der Waals surface area contributed by atoms with Crippen LogP contribution in [0, 0.1) is 0 Å². The molecule has 0 saturated carbocycles. The second kappa shape index (κ2) is 5.26. The van der Waals surface area contributed by atoms with Gasteiger partial charge in [-0.2, -0.15) is 0 Å². The lowest BCUT2D eigenvalue weighted by Gasteiger charge is -2.22. The van der Waals surface area contributed by atoms with Gasteiger partial charge < -0.3 is 15.0 Å². The highest BCUT2D eigenvalue weighted by Crippen LogP contribution is 2.21. The Kier molecular flexibility index (Phi) is 3.50. The van der Waals surface area contributed by atoms with Crippen LogP contribution in [-0.4, -0.2) is 29.2 Å². The highest BCUT2D eigenvalue weighted by Gasteiger charge is 2.14. The number of H-pyrrole nitrogens is 1. The first kappa shape index (κ1) is 12.0. The van der Waals surface area contributed by atoms with Gasteiger partial charge in [0.05, 0.1) is 16.6 Å². The van der Waals surface area contributed by atoms with Crippen molar-refractivity contribution in [3.63, 3.8) is 0 Å². The number of imidazole rings is 1. The number of rotatable bonds is 3. The molecule has 96 valence electrons. The average Bonchev–Trinajstić information content (AvgIpc) is 2.82. The van der Waals surface area contributed by atoms with Crippen molar-refractivity contribution in [1.82, 2.24) is 15.3 Å². The summed E-state index contributed by atoms with van der Waals surface area (Å²) in [5, 5.41) is 4.00. The number of piperidine rings is 1. The van der Waals surface area contributed by atoms with E-state index in [1.54, 1.807) is 0 Å². The topological polar surface area (TPSA) is 49.9 Å². The Morgan fingerprint density at radius 3 is 2.94 bits per heavy atom. The molecule has 0 bridgehead atoms. The first-order chi connectivity index (χ1) is 8.83. The summed E-state index contributed by atoms with van der Waals surface area (Å²) in [7, 11) is 0. The molecule has 3 rings (SSSR count). The largest absolute Gasteiger partial charge is 0.370 e. The van der Waals surface area contributed by atoms with E-state index >= 15 is 0 Å². The van der Waals surface area contributed by atoms with Gasteiger partial charge in [-0.05, 0) is 38.1 Å². The summed E-state index contributed by atoms with van der Waals surface area (Å²) in [4.78, 5) is 7.71. The van der Waals surface area contributed by atoms with Crippen molar-refractivity contribution >= 4 is 22.6 Å². The van der Waals surface area contributed by atoms with Gasteiger partial charge in [0.2, 0.25) is 0 Å². The molecule has 1 aliphatic heterocycles. The summed E-state index contributed by atoms with van der Waals surface area (Å²) in [6.45, 7) is 2.60. The Labute approximate surface area is 111 Å². The summed E-state index contributed by atoms with van der Waals surface area (Å²) in [6, 6.07) is 5.74. The number of hydrogen-bond donors (Lipinski definition) is 2.